The first-order valence-corrected chi connectivity index (χ1v) is 11.9. The van der Waals surface area contributed by atoms with Crippen LogP contribution in [-0.4, -0.2) is 22.1 Å². The first-order valence-electron chi connectivity index (χ1n) is 11.5. The van der Waals surface area contributed by atoms with Crippen molar-refractivity contribution in [3.8, 4) is 5.75 Å². The van der Waals surface area contributed by atoms with E-state index in [2.05, 4.69) is 12.1 Å². The number of phenols is 1. The Kier molecular flexibility index (Phi) is 4.78. The van der Waals surface area contributed by atoms with Gasteiger partial charge in [-0.25, -0.2) is 4.79 Å². The van der Waals surface area contributed by atoms with Crippen molar-refractivity contribution < 1.29 is 19.8 Å². The van der Waals surface area contributed by atoms with Crippen molar-refractivity contribution in [2.24, 2.45) is 0 Å². The number of anilines is 2. The number of hydrogen-bond donors (Lipinski definition) is 2. The molecular weight excluding hydrogens is 450 g/mol. The van der Waals surface area contributed by atoms with Crippen LogP contribution in [-0.2, 0) is 4.79 Å². The average molecular weight is 472 g/mol. The Morgan fingerprint density at radius 3 is 2.32 bits per heavy atom. The first-order chi connectivity index (χ1) is 16.4. The fourth-order valence-electron chi connectivity index (χ4n) is 4.94. The van der Waals surface area contributed by atoms with E-state index in [4.69, 9.17) is 11.6 Å². The molecule has 3 aromatic rings. The summed E-state index contributed by atoms with van der Waals surface area (Å²) < 4.78 is 0. The van der Waals surface area contributed by atoms with E-state index in [0.29, 0.717) is 28.1 Å². The maximum Gasteiger partial charge on any atom is 0.339 e. The third-order valence-corrected chi connectivity index (χ3v) is 7.23. The molecule has 3 aliphatic rings. The van der Waals surface area contributed by atoms with Gasteiger partial charge in [0.25, 0.3) is 5.91 Å². The molecule has 34 heavy (non-hydrogen) atoms. The lowest BCUT2D eigenvalue weighted by molar-refractivity contribution is -0.112. The fourth-order valence-corrected chi connectivity index (χ4v) is 5.18. The Morgan fingerprint density at radius 1 is 0.971 bits per heavy atom. The van der Waals surface area contributed by atoms with Crippen LogP contribution >= 0.6 is 11.6 Å². The van der Waals surface area contributed by atoms with E-state index in [1.807, 2.05) is 30.3 Å². The molecule has 2 saturated carbocycles. The maximum atomic E-state index is 13.9. The number of aromatic hydroxyl groups is 1. The van der Waals surface area contributed by atoms with Gasteiger partial charge in [0.05, 0.1) is 16.9 Å². The zero-order valence-corrected chi connectivity index (χ0v) is 19.0. The van der Waals surface area contributed by atoms with E-state index < -0.39 is 5.97 Å². The Morgan fingerprint density at radius 2 is 1.65 bits per heavy atom. The quantitative estimate of drug-likeness (QED) is 0.405. The highest BCUT2D eigenvalue weighted by molar-refractivity contribution is 6.39. The standard InChI is InChI=1S/C28H22ClNO4/c29-23-5-1-3-18(15-7-8-15)21(23)14-22-26-19(16-9-10-16)4-2-6-24(26)30(27(22)32)17-11-12-20(28(33)34)25(31)13-17/h1-6,11-16,31H,7-10H2,(H,33,34). The minimum Gasteiger partial charge on any atom is -0.507 e. The van der Waals surface area contributed by atoms with Gasteiger partial charge in [0.15, 0.2) is 0 Å². The van der Waals surface area contributed by atoms with Gasteiger partial charge in [0.2, 0.25) is 0 Å². The molecule has 6 heteroatoms. The van der Waals surface area contributed by atoms with Crippen molar-refractivity contribution in [3.05, 3.63) is 87.4 Å². The summed E-state index contributed by atoms with van der Waals surface area (Å²) in [7, 11) is 0. The lowest BCUT2D eigenvalue weighted by Crippen LogP contribution is -2.20. The Hall–Kier alpha value is -3.57. The molecule has 170 valence electrons. The monoisotopic (exact) mass is 471 g/mol. The zero-order valence-electron chi connectivity index (χ0n) is 18.3. The number of rotatable bonds is 5. The second kappa shape index (κ2) is 7.74. The molecule has 1 amide bonds. The highest BCUT2D eigenvalue weighted by Crippen LogP contribution is 2.52. The molecule has 2 aliphatic carbocycles. The van der Waals surface area contributed by atoms with Crippen molar-refractivity contribution >= 4 is 46.5 Å². The number of carboxylic acid groups (broad SMARTS) is 1. The molecule has 0 saturated heterocycles. The van der Waals surface area contributed by atoms with Gasteiger partial charge in [-0.05, 0) is 84.6 Å². The van der Waals surface area contributed by atoms with Gasteiger partial charge in [-0.2, -0.15) is 0 Å². The van der Waals surface area contributed by atoms with E-state index in [9.17, 15) is 19.8 Å². The van der Waals surface area contributed by atoms with Crippen LogP contribution in [0.2, 0.25) is 5.02 Å². The first kappa shape index (κ1) is 21.0. The number of benzene rings is 3. The number of amides is 1. The number of carbonyl (C=O) groups excluding carboxylic acids is 1. The predicted molar refractivity (Wildman–Crippen MR) is 132 cm³/mol. The van der Waals surface area contributed by atoms with Crippen LogP contribution < -0.4 is 4.90 Å². The molecular formula is C28H22ClNO4. The highest BCUT2D eigenvalue weighted by Gasteiger charge is 2.39. The average Bonchev–Trinajstić information content (AvgIpc) is 3.72. The van der Waals surface area contributed by atoms with Crippen molar-refractivity contribution in [2.45, 2.75) is 37.5 Å². The molecule has 2 fully saturated rings. The summed E-state index contributed by atoms with van der Waals surface area (Å²) in [4.78, 5) is 26.8. The van der Waals surface area contributed by atoms with Crippen LogP contribution in [0.4, 0.5) is 11.4 Å². The topological polar surface area (TPSA) is 77.8 Å². The second-order valence-corrected chi connectivity index (χ2v) is 9.65. The third kappa shape index (κ3) is 3.39. The number of carbonyl (C=O) groups is 2. The lowest BCUT2D eigenvalue weighted by atomic mass is 9.94. The Bertz CT molecular complexity index is 1400. The summed E-state index contributed by atoms with van der Waals surface area (Å²) in [5, 5.41) is 20.2. The van der Waals surface area contributed by atoms with E-state index in [1.165, 1.54) is 17.7 Å². The van der Waals surface area contributed by atoms with Crippen LogP contribution in [0.15, 0.2) is 54.6 Å². The van der Waals surface area contributed by atoms with E-state index in [1.54, 1.807) is 11.0 Å². The molecule has 0 spiro atoms. The van der Waals surface area contributed by atoms with Crippen LogP contribution in [0.25, 0.3) is 11.6 Å². The Balaban J connectivity index is 1.55. The van der Waals surface area contributed by atoms with Gasteiger partial charge in [-0.3, -0.25) is 9.69 Å². The Labute approximate surface area is 201 Å². The van der Waals surface area contributed by atoms with Crippen LogP contribution in [0.5, 0.6) is 5.75 Å². The zero-order chi connectivity index (χ0) is 23.6. The summed E-state index contributed by atoms with van der Waals surface area (Å²) in [6.07, 6.45) is 6.34. The summed E-state index contributed by atoms with van der Waals surface area (Å²) >= 11 is 6.63. The minimum absolute atomic E-state index is 0.205. The lowest BCUT2D eigenvalue weighted by Gasteiger charge is -2.18. The highest BCUT2D eigenvalue weighted by atomic mass is 35.5. The number of fused-ring (bicyclic) bond motifs is 1. The molecule has 1 aliphatic heterocycles. The second-order valence-electron chi connectivity index (χ2n) is 9.24. The molecule has 2 N–H and O–H groups in total. The molecule has 0 aromatic heterocycles. The molecule has 3 aromatic carbocycles. The fraction of sp³-hybridized carbons (Fsp3) is 0.214. The minimum atomic E-state index is -1.22. The molecule has 1 heterocycles. The van der Waals surface area contributed by atoms with Crippen LogP contribution in [0.3, 0.4) is 0 Å². The normalized spacial score (nSPS) is 18.4. The largest absolute Gasteiger partial charge is 0.507 e. The van der Waals surface area contributed by atoms with E-state index in [0.717, 1.165) is 48.1 Å². The van der Waals surface area contributed by atoms with Crippen molar-refractivity contribution in [2.75, 3.05) is 4.90 Å². The van der Waals surface area contributed by atoms with Gasteiger partial charge in [-0.15, -0.1) is 0 Å². The number of carboxylic acids is 1. The van der Waals surface area contributed by atoms with Crippen molar-refractivity contribution in [3.63, 3.8) is 0 Å². The third-order valence-electron chi connectivity index (χ3n) is 6.90. The molecule has 6 rings (SSSR count). The smallest absolute Gasteiger partial charge is 0.339 e. The molecule has 0 unspecified atom stereocenters. The number of hydrogen-bond acceptors (Lipinski definition) is 3. The van der Waals surface area contributed by atoms with Crippen LogP contribution in [0.1, 0.15) is 70.1 Å². The molecule has 0 bridgehead atoms. The van der Waals surface area contributed by atoms with Crippen molar-refractivity contribution in [1.29, 1.82) is 0 Å². The predicted octanol–water partition coefficient (Wildman–Crippen LogP) is 6.72. The summed E-state index contributed by atoms with van der Waals surface area (Å²) in [6, 6.07) is 16.1. The van der Waals surface area contributed by atoms with Gasteiger partial charge in [-0.1, -0.05) is 35.9 Å². The van der Waals surface area contributed by atoms with E-state index >= 15 is 0 Å². The van der Waals surface area contributed by atoms with E-state index in [-0.39, 0.29) is 17.2 Å². The van der Waals surface area contributed by atoms with Crippen LogP contribution in [0, 0.1) is 0 Å². The molecule has 5 nitrogen and oxygen atoms in total. The van der Waals surface area contributed by atoms with Gasteiger partial charge in [0, 0.05) is 16.7 Å². The van der Waals surface area contributed by atoms with Gasteiger partial charge in [0.1, 0.15) is 11.3 Å². The van der Waals surface area contributed by atoms with Crippen molar-refractivity contribution in [1.82, 2.24) is 0 Å². The number of aromatic carboxylic acids is 1. The maximum absolute atomic E-state index is 13.9. The SMILES string of the molecule is O=C(O)c1ccc(N2C(=O)C(=Cc3c(Cl)cccc3C3CC3)c3c(C4CC4)cccc32)cc1O. The summed E-state index contributed by atoms with van der Waals surface area (Å²) in [5.74, 6) is -0.926. The molecule has 0 atom stereocenters. The van der Waals surface area contributed by atoms with Gasteiger partial charge >= 0.3 is 5.97 Å². The number of nitrogens with zero attached hydrogens (tertiary/aromatic N) is 1. The summed E-state index contributed by atoms with van der Waals surface area (Å²) in [6.45, 7) is 0. The molecule has 0 radical (unpaired) electrons. The van der Waals surface area contributed by atoms with Gasteiger partial charge < -0.3 is 10.2 Å². The summed E-state index contributed by atoms with van der Waals surface area (Å²) in [5.41, 5.74) is 5.63. The number of halogens is 1.